The van der Waals surface area contributed by atoms with Gasteiger partial charge in [0.05, 0.1) is 0 Å². The second-order valence-corrected chi connectivity index (χ2v) is 4.59. The van der Waals surface area contributed by atoms with Crippen molar-refractivity contribution in [2.24, 2.45) is 12.8 Å². The molecular formula is C14H20N4O. The van der Waals surface area contributed by atoms with E-state index in [-0.39, 0.29) is 6.04 Å². The molecule has 1 aromatic carbocycles. The maximum absolute atomic E-state index is 5.97. The lowest BCUT2D eigenvalue weighted by Crippen LogP contribution is -2.08. The highest BCUT2D eigenvalue weighted by Gasteiger charge is 2.06. The summed E-state index contributed by atoms with van der Waals surface area (Å²) in [5.74, 6) is 2.50. The van der Waals surface area contributed by atoms with Crippen LogP contribution in [-0.4, -0.2) is 14.8 Å². The topological polar surface area (TPSA) is 66.0 Å². The van der Waals surface area contributed by atoms with Crippen molar-refractivity contribution in [3.63, 3.8) is 0 Å². The van der Waals surface area contributed by atoms with E-state index in [9.17, 15) is 0 Å². The molecule has 102 valence electrons. The molecule has 1 aromatic heterocycles. The fraction of sp³-hybridized carbons (Fsp3) is 0.429. The van der Waals surface area contributed by atoms with Crippen molar-refractivity contribution < 1.29 is 4.74 Å². The normalized spacial score (nSPS) is 12.4. The average Bonchev–Trinajstić information content (AvgIpc) is 2.76. The third-order valence-electron chi connectivity index (χ3n) is 3.30. The van der Waals surface area contributed by atoms with Gasteiger partial charge in [0.2, 0.25) is 0 Å². The summed E-state index contributed by atoms with van der Waals surface area (Å²) < 4.78 is 7.61. The summed E-state index contributed by atoms with van der Waals surface area (Å²) in [6.45, 7) is 4.40. The van der Waals surface area contributed by atoms with Gasteiger partial charge in [0, 0.05) is 13.1 Å². The number of rotatable bonds is 5. The predicted octanol–water partition coefficient (Wildman–Crippen LogP) is 2.11. The van der Waals surface area contributed by atoms with Crippen LogP contribution in [0.2, 0.25) is 0 Å². The van der Waals surface area contributed by atoms with E-state index >= 15 is 0 Å². The van der Waals surface area contributed by atoms with Gasteiger partial charge in [0.1, 0.15) is 18.2 Å². The Morgan fingerprint density at radius 1 is 1.26 bits per heavy atom. The summed E-state index contributed by atoms with van der Waals surface area (Å²) >= 11 is 0. The van der Waals surface area contributed by atoms with E-state index in [1.165, 1.54) is 0 Å². The third-order valence-corrected chi connectivity index (χ3v) is 3.30. The first kappa shape index (κ1) is 13.5. The van der Waals surface area contributed by atoms with Gasteiger partial charge >= 0.3 is 0 Å². The van der Waals surface area contributed by atoms with Gasteiger partial charge in [-0.3, -0.25) is 0 Å². The Kier molecular flexibility index (Phi) is 4.16. The molecule has 0 bridgehead atoms. The molecule has 0 saturated heterocycles. The Bertz CT molecular complexity index is 533. The summed E-state index contributed by atoms with van der Waals surface area (Å²) in [6.07, 6.45) is 0.929. The van der Waals surface area contributed by atoms with Crippen molar-refractivity contribution in [3.05, 3.63) is 41.5 Å². The lowest BCUT2D eigenvalue weighted by molar-refractivity contribution is 0.291. The number of hydrogen-bond acceptors (Lipinski definition) is 4. The van der Waals surface area contributed by atoms with Crippen molar-refractivity contribution in [3.8, 4) is 5.75 Å². The monoisotopic (exact) mass is 260 g/mol. The maximum Gasteiger partial charge on any atom is 0.170 e. The molecule has 1 atom stereocenters. The molecule has 19 heavy (non-hydrogen) atoms. The van der Waals surface area contributed by atoms with Crippen LogP contribution in [0.25, 0.3) is 0 Å². The summed E-state index contributed by atoms with van der Waals surface area (Å²) in [7, 11) is 1.93. The highest BCUT2D eigenvalue weighted by Crippen LogP contribution is 2.18. The Labute approximate surface area is 113 Å². The Balaban J connectivity index is 1.98. The number of ether oxygens (including phenoxy) is 1. The van der Waals surface area contributed by atoms with Crippen molar-refractivity contribution in [2.75, 3.05) is 0 Å². The first-order valence-electron chi connectivity index (χ1n) is 6.45. The van der Waals surface area contributed by atoms with Crippen LogP contribution < -0.4 is 10.5 Å². The van der Waals surface area contributed by atoms with Crippen LogP contribution >= 0.6 is 0 Å². The van der Waals surface area contributed by atoms with Gasteiger partial charge in [-0.05, 0) is 31.0 Å². The number of benzene rings is 1. The van der Waals surface area contributed by atoms with E-state index in [2.05, 4.69) is 17.1 Å². The van der Waals surface area contributed by atoms with Crippen molar-refractivity contribution in [1.29, 1.82) is 0 Å². The van der Waals surface area contributed by atoms with E-state index in [1.54, 1.807) is 0 Å². The molecule has 2 rings (SSSR count). The van der Waals surface area contributed by atoms with Gasteiger partial charge < -0.3 is 15.0 Å². The van der Waals surface area contributed by atoms with E-state index in [4.69, 9.17) is 10.5 Å². The summed E-state index contributed by atoms with van der Waals surface area (Å²) in [5, 5.41) is 8.05. The number of aryl methyl sites for hydroxylation is 1. The largest absolute Gasteiger partial charge is 0.486 e. The first-order chi connectivity index (χ1) is 9.11. The minimum absolute atomic E-state index is 0.0930. The van der Waals surface area contributed by atoms with Crippen LogP contribution in [0, 0.1) is 6.92 Å². The molecule has 5 nitrogen and oxygen atoms in total. The van der Waals surface area contributed by atoms with Gasteiger partial charge in [-0.25, -0.2) is 0 Å². The Morgan fingerprint density at radius 3 is 2.47 bits per heavy atom. The molecule has 0 aliphatic heterocycles. The minimum atomic E-state index is 0.0930. The fourth-order valence-electron chi connectivity index (χ4n) is 1.77. The van der Waals surface area contributed by atoms with Crippen molar-refractivity contribution in [1.82, 2.24) is 14.8 Å². The molecule has 1 heterocycles. The maximum atomic E-state index is 5.97. The van der Waals surface area contributed by atoms with Crippen LogP contribution in [0.4, 0.5) is 0 Å². The summed E-state index contributed by atoms with van der Waals surface area (Å²) in [5.41, 5.74) is 7.10. The Morgan fingerprint density at radius 2 is 1.95 bits per heavy atom. The lowest BCUT2D eigenvalue weighted by atomic mass is 10.1. The SMILES string of the molecule is CC[C@H](N)c1ccc(OCc2nnc(C)n2C)cc1. The molecule has 0 saturated carbocycles. The quantitative estimate of drug-likeness (QED) is 0.894. The van der Waals surface area contributed by atoms with Gasteiger partial charge in [-0.1, -0.05) is 19.1 Å². The first-order valence-corrected chi connectivity index (χ1v) is 6.45. The molecule has 0 aliphatic carbocycles. The zero-order valence-corrected chi connectivity index (χ0v) is 11.6. The van der Waals surface area contributed by atoms with Gasteiger partial charge in [-0.2, -0.15) is 0 Å². The number of aromatic nitrogens is 3. The van der Waals surface area contributed by atoms with E-state index in [1.807, 2.05) is 42.8 Å². The van der Waals surface area contributed by atoms with E-state index < -0.39 is 0 Å². The number of nitrogens with zero attached hydrogens (tertiary/aromatic N) is 3. The molecule has 0 fully saturated rings. The minimum Gasteiger partial charge on any atom is -0.486 e. The summed E-state index contributed by atoms with van der Waals surface area (Å²) in [4.78, 5) is 0. The molecule has 0 radical (unpaired) electrons. The predicted molar refractivity (Wildman–Crippen MR) is 73.7 cm³/mol. The van der Waals surface area contributed by atoms with Crippen LogP contribution in [0.5, 0.6) is 5.75 Å². The zero-order chi connectivity index (χ0) is 13.8. The third kappa shape index (κ3) is 3.12. The van der Waals surface area contributed by atoms with Crippen LogP contribution in [0.1, 0.15) is 36.6 Å². The molecule has 2 N–H and O–H groups in total. The molecule has 0 amide bonds. The van der Waals surface area contributed by atoms with Gasteiger partial charge in [-0.15, -0.1) is 10.2 Å². The van der Waals surface area contributed by atoms with Gasteiger partial charge in [0.15, 0.2) is 5.82 Å². The molecule has 0 aliphatic rings. The van der Waals surface area contributed by atoms with Crippen LogP contribution in [-0.2, 0) is 13.7 Å². The molecule has 0 unspecified atom stereocenters. The van der Waals surface area contributed by atoms with Crippen LogP contribution in [0.3, 0.4) is 0 Å². The Hall–Kier alpha value is -1.88. The summed E-state index contributed by atoms with van der Waals surface area (Å²) in [6, 6.07) is 7.98. The second kappa shape index (κ2) is 5.84. The molecule has 5 heteroatoms. The lowest BCUT2D eigenvalue weighted by Gasteiger charge is -2.10. The van der Waals surface area contributed by atoms with Crippen molar-refractivity contribution in [2.45, 2.75) is 32.9 Å². The molecule has 0 spiro atoms. The van der Waals surface area contributed by atoms with Crippen LogP contribution in [0.15, 0.2) is 24.3 Å². The highest BCUT2D eigenvalue weighted by atomic mass is 16.5. The van der Waals surface area contributed by atoms with Gasteiger partial charge in [0.25, 0.3) is 0 Å². The standard InChI is InChI=1S/C14H20N4O/c1-4-13(15)11-5-7-12(8-6-11)19-9-14-17-16-10(2)18(14)3/h5-8,13H,4,9,15H2,1-3H3/t13-/m0/s1. The van der Waals surface area contributed by atoms with Crippen molar-refractivity contribution >= 4 is 0 Å². The number of nitrogens with two attached hydrogens (primary N) is 1. The average molecular weight is 260 g/mol. The fourth-order valence-corrected chi connectivity index (χ4v) is 1.77. The highest BCUT2D eigenvalue weighted by molar-refractivity contribution is 5.29. The zero-order valence-electron chi connectivity index (χ0n) is 11.6. The van der Waals surface area contributed by atoms with E-state index in [0.717, 1.165) is 29.4 Å². The smallest absolute Gasteiger partial charge is 0.170 e. The molecular weight excluding hydrogens is 240 g/mol. The van der Waals surface area contributed by atoms with E-state index in [0.29, 0.717) is 6.61 Å². The second-order valence-electron chi connectivity index (χ2n) is 4.59. The number of hydrogen-bond donors (Lipinski definition) is 1. The molecule has 2 aromatic rings.